The molecule has 110 valence electrons. The smallest absolute Gasteiger partial charge is 0.349 e. The van der Waals surface area contributed by atoms with Crippen molar-refractivity contribution in [1.82, 2.24) is 10.3 Å². The molecule has 0 aliphatic heterocycles. The second-order valence-electron chi connectivity index (χ2n) is 4.94. The number of amides is 1. The van der Waals surface area contributed by atoms with Gasteiger partial charge in [-0.2, -0.15) is 13.2 Å². The molecule has 0 spiro atoms. The third kappa shape index (κ3) is 3.27. The zero-order chi connectivity index (χ0) is 14.8. The minimum absolute atomic E-state index is 0.00482. The van der Waals surface area contributed by atoms with Crippen LogP contribution in [-0.4, -0.2) is 23.5 Å². The summed E-state index contributed by atoms with van der Waals surface area (Å²) in [6.45, 7) is 0.496. The number of rotatable bonds is 3. The molecular weight excluding hydrogens is 271 g/mol. The Hall–Kier alpha value is -1.63. The normalized spacial score (nSPS) is 22.8. The monoisotopic (exact) mass is 287 g/mol. The number of nitrogens with zero attached hydrogens (tertiary/aromatic N) is 1. The second-order valence-corrected chi connectivity index (χ2v) is 4.94. The highest BCUT2D eigenvalue weighted by molar-refractivity contribution is 5.94. The number of hydrogen-bond donors (Lipinski definition) is 2. The van der Waals surface area contributed by atoms with E-state index in [2.05, 4.69) is 10.3 Å². The minimum atomic E-state index is -4.49. The molecule has 1 aliphatic rings. The summed E-state index contributed by atoms with van der Waals surface area (Å²) >= 11 is 0. The first kappa shape index (κ1) is 14.8. The first-order valence-corrected chi connectivity index (χ1v) is 6.46. The molecule has 1 saturated carbocycles. The Kier molecular flexibility index (Phi) is 4.27. The average Bonchev–Trinajstić information content (AvgIpc) is 2.85. The van der Waals surface area contributed by atoms with E-state index in [1.54, 1.807) is 0 Å². The number of nitrogens with one attached hydrogen (secondary N) is 1. The van der Waals surface area contributed by atoms with Gasteiger partial charge in [0, 0.05) is 12.2 Å². The fourth-order valence-corrected chi connectivity index (χ4v) is 2.46. The number of carbonyl (C=O) groups is 1. The van der Waals surface area contributed by atoms with E-state index in [4.69, 9.17) is 5.73 Å². The lowest BCUT2D eigenvalue weighted by atomic mass is 10.0. The lowest BCUT2D eigenvalue weighted by Gasteiger charge is -2.19. The summed E-state index contributed by atoms with van der Waals surface area (Å²) in [5.41, 5.74) is 4.74. The number of nitrogens with two attached hydrogens (primary N) is 1. The molecule has 1 aromatic rings. The van der Waals surface area contributed by atoms with Crippen molar-refractivity contribution in [3.63, 3.8) is 0 Å². The summed E-state index contributed by atoms with van der Waals surface area (Å²) in [5.74, 6) is -0.169. The summed E-state index contributed by atoms with van der Waals surface area (Å²) in [6, 6.07) is 1.94. The number of carbonyl (C=O) groups excluding carboxylic acids is 1. The van der Waals surface area contributed by atoms with Crippen molar-refractivity contribution in [2.75, 3.05) is 6.54 Å². The quantitative estimate of drug-likeness (QED) is 0.893. The fourth-order valence-electron chi connectivity index (χ4n) is 2.46. The van der Waals surface area contributed by atoms with Gasteiger partial charge in [0.15, 0.2) is 0 Å². The molecule has 1 aromatic heterocycles. The largest absolute Gasteiger partial charge is 0.433 e. The highest BCUT2D eigenvalue weighted by Crippen LogP contribution is 2.27. The standard InChI is InChI=1S/C13H16F3N3O/c14-13(15,16)11-5-4-9(7-18-11)12(20)19-10-3-1-2-8(10)6-17/h4-5,7-8,10H,1-3,6,17H2,(H,19,20). The fraction of sp³-hybridized carbons (Fsp3) is 0.538. The number of pyridine rings is 1. The lowest BCUT2D eigenvalue weighted by molar-refractivity contribution is -0.141. The van der Waals surface area contributed by atoms with Crippen molar-refractivity contribution in [2.24, 2.45) is 11.7 Å². The van der Waals surface area contributed by atoms with E-state index < -0.39 is 17.8 Å². The Labute approximate surface area is 114 Å². The van der Waals surface area contributed by atoms with Crippen LogP contribution in [0.4, 0.5) is 13.2 Å². The molecule has 0 bridgehead atoms. The third-order valence-electron chi connectivity index (χ3n) is 3.59. The topological polar surface area (TPSA) is 68.0 Å². The predicted molar refractivity (Wildman–Crippen MR) is 66.9 cm³/mol. The number of halogens is 3. The van der Waals surface area contributed by atoms with Gasteiger partial charge >= 0.3 is 6.18 Å². The molecule has 3 N–H and O–H groups in total. The van der Waals surface area contributed by atoms with Crippen LogP contribution in [0.15, 0.2) is 18.3 Å². The van der Waals surface area contributed by atoms with Gasteiger partial charge in [0.2, 0.25) is 0 Å². The molecule has 1 amide bonds. The maximum Gasteiger partial charge on any atom is 0.433 e. The van der Waals surface area contributed by atoms with E-state index in [0.29, 0.717) is 6.54 Å². The van der Waals surface area contributed by atoms with Gasteiger partial charge < -0.3 is 11.1 Å². The van der Waals surface area contributed by atoms with E-state index in [0.717, 1.165) is 37.6 Å². The van der Waals surface area contributed by atoms with Crippen LogP contribution in [0.1, 0.15) is 35.3 Å². The van der Waals surface area contributed by atoms with Crippen LogP contribution in [0.5, 0.6) is 0 Å². The van der Waals surface area contributed by atoms with Crippen molar-refractivity contribution in [1.29, 1.82) is 0 Å². The Bertz CT molecular complexity index is 473. The van der Waals surface area contributed by atoms with Crippen molar-refractivity contribution in [2.45, 2.75) is 31.5 Å². The van der Waals surface area contributed by atoms with Crippen molar-refractivity contribution in [3.8, 4) is 0 Å². The summed E-state index contributed by atoms with van der Waals surface area (Å²) in [5, 5.41) is 2.81. The van der Waals surface area contributed by atoms with Gasteiger partial charge in [0.1, 0.15) is 5.69 Å². The van der Waals surface area contributed by atoms with Crippen LogP contribution in [0.25, 0.3) is 0 Å². The number of hydrogen-bond acceptors (Lipinski definition) is 3. The van der Waals surface area contributed by atoms with Gasteiger partial charge in [-0.1, -0.05) is 6.42 Å². The first-order chi connectivity index (χ1) is 9.41. The van der Waals surface area contributed by atoms with Gasteiger partial charge in [-0.3, -0.25) is 9.78 Å². The molecule has 1 heterocycles. The highest BCUT2D eigenvalue weighted by atomic mass is 19.4. The molecule has 1 aliphatic carbocycles. The van der Waals surface area contributed by atoms with Gasteiger partial charge in [0.25, 0.3) is 5.91 Å². The summed E-state index contributed by atoms with van der Waals surface area (Å²) < 4.78 is 37.1. The molecular formula is C13H16F3N3O. The molecule has 0 aromatic carbocycles. The maximum atomic E-state index is 12.4. The average molecular weight is 287 g/mol. The summed E-state index contributed by atoms with van der Waals surface area (Å²) in [4.78, 5) is 15.2. The molecule has 0 saturated heterocycles. The third-order valence-corrected chi connectivity index (χ3v) is 3.59. The molecule has 20 heavy (non-hydrogen) atoms. The number of alkyl halides is 3. The predicted octanol–water partition coefficient (Wildman–Crippen LogP) is 1.96. The van der Waals surface area contributed by atoms with Gasteiger partial charge in [-0.15, -0.1) is 0 Å². The maximum absolute atomic E-state index is 12.4. The Morgan fingerprint density at radius 3 is 2.70 bits per heavy atom. The Morgan fingerprint density at radius 1 is 1.40 bits per heavy atom. The van der Waals surface area contributed by atoms with E-state index in [9.17, 15) is 18.0 Å². The highest BCUT2D eigenvalue weighted by Gasteiger charge is 2.32. The van der Waals surface area contributed by atoms with Crippen molar-refractivity contribution in [3.05, 3.63) is 29.6 Å². The zero-order valence-electron chi connectivity index (χ0n) is 10.8. The molecule has 4 nitrogen and oxygen atoms in total. The summed E-state index contributed by atoms with van der Waals surface area (Å²) in [6.07, 6.45) is -0.734. The van der Waals surface area contributed by atoms with Gasteiger partial charge in [-0.25, -0.2) is 0 Å². The number of aromatic nitrogens is 1. The van der Waals surface area contributed by atoms with Gasteiger partial charge in [-0.05, 0) is 37.4 Å². The SMILES string of the molecule is NCC1CCCC1NC(=O)c1ccc(C(F)(F)F)nc1. The van der Waals surface area contributed by atoms with Crippen molar-refractivity contribution >= 4 is 5.91 Å². The molecule has 0 radical (unpaired) electrons. The van der Waals surface area contributed by atoms with Crippen molar-refractivity contribution < 1.29 is 18.0 Å². The van der Waals surface area contributed by atoms with Crippen LogP contribution in [0.2, 0.25) is 0 Å². The second kappa shape index (κ2) is 5.78. The van der Waals surface area contributed by atoms with Crippen LogP contribution in [0, 0.1) is 5.92 Å². The Morgan fingerprint density at radius 2 is 2.15 bits per heavy atom. The minimum Gasteiger partial charge on any atom is -0.349 e. The molecule has 2 rings (SSSR count). The molecule has 2 atom stereocenters. The zero-order valence-corrected chi connectivity index (χ0v) is 10.8. The van der Waals surface area contributed by atoms with E-state index in [-0.39, 0.29) is 17.5 Å². The molecule has 1 fully saturated rings. The lowest BCUT2D eigenvalue weighted by Crippen LogP contribution is -2.39. The van der Waals surface area contributed by atoms with E-state index in [1.807, 2.05) is 0 Å². The van der Waals surface area contributed by atoms with E-state index >= 15 is 0 Å². The first-order valence-electron chi connectivity index (χ1n) is 6.46. The Balaban J connectivity index is 2.02. The molecule has 2 unspecified atom stereocenters. The van der Waals surface area contributed by atoms with Gasteiger partial charge in [0.05, 0.1) is 5.56 Å². The van der Waals surface area contributed by atoms with Crippen LogP contribution in [-0.2, 0) is 6.18 Å². The van der Waals surface area contributed by atoms with Crippen LogP contribution in [0.3, 0.4) is 0 Å². The molecule has 7 heteroatoms. The van der Waals surface area contributed by atoms with Crippen LogP contribution < -0.4 is 11.1 Å². The van der Waals surface area contributed by atoms with E-state index in [1.165, 1.54) is 0 Å². The van der Waals surface area contributed by atoms with Crippen LogP contribution >= 0.6 is 0 Å². The summed E-state index contributed by atoms with van der Waals surface area (Å²) in [7, 11) is 0.